The fraction of sp³-hybridized carbons (Fsp3) is 0.381. The van der Waals surface area contributed by atoms with Crippen LogP contribution in [0.1, 0.15) is 36.5 Å². The normalized spacial score (nSPS) is 20.1. The summed E-state index contributed by atoms with van der Waals surface area (Å²) in [5, 5.41) is 11.6. The van der Waals surface area contributed by atoms with Crippen LogP contribution in [0.3, 0.4) is 0 Å². The number of benzene rings is 2. The number of carbonyl (C=O) groups is 1. The molecule has 0 spiro atoms. The van der Waals surface area contributed by atoms with Gasteiger partial charge in [-0.2, -0.15) is 4.31 Å². The minimum atomic E-state index is -3.77. The Morgan fingerprint density at radius 1 is 1.30 bits per heavy atom. The number of nitrogens with one attached hydrogen (secondary N) is 1. The highest BCUT2D eigenvalue weighted by Crippen LogP contribution is 2.30. The molecule has 2 aromatic carbocycles. The van der Waals surface area contributed by atoms with E-state index in [-0.39, 0.29) is 28.1 Å². The highest BCUT2D eigenvalue weighted by Gasteiger charge is 2.34. The molecule has 2 unspecified atom stereocenters. The fourth-order valence-corrected chi connectivity index (χ4v) is 5.64. The van der Waals surface area contributed by atoms with Crippen molar-refractivity contribution in [2.24, 2.45) is 5.92 Å². The van der Waals surface area contributed by atoms with Crippen molar-refractivity contribution in [2.75, 3.05) is 18.5 Å². The summed E-state index contributed by atoms with van der Waals surface area (Å²) in [5.41, 5.74) is 0.471. The molecule has 2 aromatic rings. The molecule has 6 nitrogen and oxygen atoms in total. The molecule has 162 valence electrons. The Balaban J connectivity index is 1.78. The van der Waals surface area contributed by atoms with Crippen LogP contribution in [0, 0.1) is 11.7 Å². The summed E-state index contributed by atoms with van der Waals surface area (Å²) in [7, 11) is -3.77. The maximum Gasteiger partial charge on any atom is 0.255 e. The van der Waals surface area contributed by atoms with Gasteiger partial charge in [0, 0.05) is 30.4 Å². The lowest BCUT2D eigenvalue weighted by Crippen LogP contribution is -2.44. The number of nitrogens with zero attached hydrogens (tertiary/aromatic N) is 1. The van der Waals surface area contributed by atoms with Crippen LogP contribution in [0.25, 0.3) is 0 Å². The Morgan fingerprint density at radius 3 is 2.73 bits per heavy atom. The highest BCUT2D eigenvalue weighted by atomic mass is 35.5. The number of halogens is 2. The number of hydrogen-bond donors (Lipinski definition) is 2. The second-order valence-corrected chi connectivity index (χ2v) is 9.78. The van der Waals surface area contributed by atoms with Crippen molar-refractivity contribution in [3.05, 3.63) is 58.9 Å². The average molecular weight is 455 g/mol. The zero-order valence-corrected chi connectivity index (χ0v) is 18.1. The molecule has 1 saturated heterocycles. The third kappa shape index (κ3) is 5.00. The molecule has 0 bridgehead atoms. The molecular weight excluding hydrogens is 431 g/mol. The van der Waals surface area contributed by atoms with Gasteiger partial charge in [-0.25, -0.2) is 12.8 Å². The molecule has 0 aromatic heterocycles. The smallest absolute Gasteiger partial charge is 0.255 e. The van der Waals surface area contributed by atoms with Gasteiger partial charge in [0.2, 0.25) is 10.0 Å². The van der Waals surface area contributed by atoms with E-state index < -0.39 is 21.7 Å². The Hall–Kier alpha value is -2.00. The summed E-state index contributed by atoms with van der Waals surface area (Å²) in [6, 6.07) is 9.43. The lowest BCUT2D eigenvalue weighted by molar-refractivity contribution is 0.102. The Kier molecular flexibility index (Phi) is 7.13. The largest absolute Gasteiger partial charge is 0.396 e. The number of hydrogen-bond acceptors (Lipinski definition) is 4. The van der Waals surface area contributed by atoms with Gasteiger partial charge in [-0.05, 0) is 68.5 Å². The van der Waals surface area contributed by atoms with Crippen LogP contribution in [-0.2, 0) is 10.0 Å². The zero-order valence-electron chi connectivity index (χ0n) is 16.5. The van der Waals surface area contributed by atoms with Crippen molar-refractivity contribution < 1.29 is 22.7 Å². The first-order chi connectivity index (χ1) is 14.2. The zero-order chi connectivity index (χ0) is 21.9. The summed E-state index contributed by atoms with van der Waals surface area (Å²) in [6.07, 6.45) is 2.04. The van der Waals surface area contributed by atoms with Gasteiger partial charge in [-0.1, -0.05) is 17.7 Å². The molecular formula is C21H24ClFN2O4S. The minimum absolute atomic E-state index is 0.0414. The second kappa shape index (κ2) is 9.43. The number of sulfonamides is 1. The molecule has 2 atom stereocenters. The van der Waals surface area contributed by atoms with Gasteiger partial charge < -0.3 is 10.4 Å². The summed E-state index contributed by atoms with van der Waals surface area (Å²) in [5.74, 6) is -0.819. The molecule has 3 rings (SSSR count). The van der Waals surface area contributed by atoms with Crippen molar-refractivity contribution in [3.8, 4) is 0 Å². The molecule has 1 aliphatic rings. The van der Waals surface area contributed by atoms with Crippen LogP contribution >= 0.6 is 11.6 Å². The molecule has 0 radical (unpaired) electrons. The van der Waals surface area contributed by atoms with Gasteiger partial charge in [0.15, 0.2) is 0 Å². The van der Waals surface area contributed by atoms with Gasteiger partial charge >= 0.3 is 0 Å². The van der Waals surface area contributed by atoms with E-state index in [4.69, 9.17) is 16.7 Å². The van der Waals surface area contributed by atoms with E-state index >= 15 is 0 Å². The number of rotatable bonds is 6. The Bertz CT molecular complexity index is 1030. The van der Waals surface area contributed by atoms with Crippen LogP contribution < -0.4 is 5.32 Å². The van der Waals surface area contributed by atoms with E-state index in [9.17, 15) is 17.6 Å². The third-order valence-corrected chi connectivity index (χ3v) is 7.64. The SMILES string of the molecule is CC1CC(CCO)CCN1S(=O)(=O)c1cccc(C(=O)Nc2ccc(F)c(Cl)c2)c1. The monoisotopic (exact) mass is 454 g/mol. The van der Waals surface area contributed by atoms with Crippen LogP contribution in [0.15, 0.2) is 47.4 Å². The van der Waals surface area contributed by atoms with Crippen LogP contribution in [-0.4, -0.2) is 42.9 Å². The quantitative estimate of drug-likeness (QED) is 0.693. The van der Waals surface area contributed by atoms with Crippen molar-refractivity contribution in [2.45, 2.75) is 37.1 Å². The first-order valence-electron chi connectivity index (χ1n) is 9.71. The van der Waals surface area contributed by atoms with E-state index in [0.717, 1.165) is 6.07 Å². The summed E-state index contributed by atoms with van der Waals surface area (Å²) in [4.78, 5) is 12.6. The first kappa shape index (κ1) is 22.7. The molecule has 0 saturated carbocycles. The number of carbonyl (C=O) groups excluding carboxylic acids is 1. The Morgan fingerprint density at radius 2 is 2.07 bits per heavy atom. The maximum atomic E-state index is 13.3. The summed E-state index contributed by atoms with van der Waals surface area (Å²) in [6.45, 7) is 2.33. The molecule has 30 heavy (non-hydrogen) atoms. The number of aliphatic hydroxyl groups excluding tert-OH is 1. The number of piperidine rings is 1. The van der Waals surface area contributed by atoms with Crippen molar-refractivity contribution >= 4 is 33.2 Å². The summed E-state index contributed by atoms with van der Waals surface area (Å²) >= 11 is 5.73. The molecule has 1 fully saturated rings. The van der Waals surface area contributed by atoms with Crippen molar-refractivity contribution in [3.63, 3.8) is 0 Å². The number of anilines is 1. The van der Waals surface area contributed by atoms with Crippen LogP contribution in [0.2, 0.25) is 5.02 Å². The van der Waals surface area contributed by atoms with Gasteiger partial charge in [-0.15, -0.1) is 0 Å². The fourth-order valence-electron chi connectivity index (χ4n) is 3.76. The Labute approximate surface area is 180 Å². The number of aliphatic hydroxyl groups is 1. The predicted molar refractivity (Wildman–Crippen MR) is 114 cm³/mol. The second-order valence-electron chi connectivity index (χ2n) is 7.48. The summed E-state index contributed by atoms with van der Waals surface area (Å²) < 4.78 is 41.1. The highest BCUT2D eigenvalue weighted by molar-refractivity contribution is 7.89. The molecule has 1 aliphatic heterocycles. The molecule has 2 N–H and O–H groups in total. The molecule has 0 aliphatic carbocycles. The lowest BCUT2D eigenvalue weighted by atomic mass is 9.91. The average Bonchev–Trinajstić information content (AvgIpc) is 2.71. The number of amides is 1. The van der Waals surface area contributed by atoms with Crippen LogP contribution in [0.5, 0.6) is 0 Å². The molecule has 1 heterocycles. The molecule has 9 heteroatoms. The standard InChI is InChI=1S/C21H24ClFN2O4S/c1-14-11-15(8-10-26)7-9-25(14)30(28,29)18-4-2-3-16(12-18)21(27)24-17-5-6-20(23)19(22)13-17/h2-6,12-15,26H,7-11H2,1H3,(H,24,27). The predicted octanol–water partition coefficient (Wildman–Crippen LogP) is 3.90. The minimum Gasteiger partial charge on any atom is -0.396 e. The first-order valence-corrected chi connectivity index (χ1v) is 11.5. The van der Waals surface area contributed by atoms with E-state index in [1.807, 2.05) is 6.92 Å². The van der Waals surface area contributed by atoms with E-state index in [2.05, 4.69) is 5.32 Å². The van der Waals surface area contributed by atoms with Gasteiger partial charge in [0.1, 0.15) is 5.82 Å². The van der Waals surface area contributed by atoms with Crippen molar-refractivity contribution in [1.29, 1.82) is 0 Å². The maximum absolute atomic E-state index is 13.3. The molecule has 1 amide bonds. The van der Waals surface area contributed by atoms with Crippen molar-refractivity contribution in [1.82, 2.24) is 4.31 Å². The topological polar surface area (TPSA) is 86.7 Å². The van der Waals surface area contributed by atoms with Gasteiger partial charge in [0.25, 0.3) is 5.91 Å². The van der Waals surface area contributed by atoms with Gasteiger partial charge in [-0.3, -0.25) is 4.79 Å². The van der Waals surface area contributed by atoms with E-state index in [1.165, 1.54) is 40.7 Å². The van der Waals surface area contributed by atoms with Crippen LogP contribution in [0.4, 0.5) is 10.1 Å². The van der Waals surface area contributed by atoms with E-state index in [1.54, 1.807) is 0 Å². The lowest BCUT2D eigenvalue weighted by Gasteiger charge is -2.36. The third-order valence-electron chi connectivity index (χ3n) is 5.34. The van der Waals surface area contributed by atoms with Gasteiger partial charge in [0.05, 0.1) is 9.92 Å². The van der Waals surface area contributed by atoms with E-state index in [0.29, 0.717) is 37.4 Å².